The van der Waals surface area contributed by atoms with Crippen LogP contribution in [-0.4, -0.2) is 31.3 Å². The van der Waals surface area contributed by atoms with E-state index < -0.39 is 5.97 Å². The monoisotopic (exact) mass is 460 g/mol. The second-order valence-electron chi connectivity index (χ2n) is 6.85. The number of amidine groups is 1. The van der Waals surface area contributed by atoms with Crippen LogP contribution in [0.1, 0.15) is 15.9 Å². The number of methoxy groups -OCH3 is 2. The zero-order chi connectivity index (χ0) is 23.2. The number of benzene rings is 3. The third-order valence-corrected chi connectivity index (χ3v) is 5.56. The number of aliphatic imine (C=N–C) groups is 1. The number of nitrogens with one attached hydrogen (secondary N) is 1. The van der Waals surface area contributed by atoms with E-state index in [1.165, 1.54) is 18.9 Å². The van der Waals surface area contributed by atoms with Crippen molar-refractivity contribution in [1.29, 1.82) is 0 Å². The van der Waals surface area contributed by atoms with E-state index in [0.29, 0.717) is 27.1 Å². The van der Waals surface area contributed by atoms with E-state index in [2.05, 4.69) is 10.3 Å². The molecule has 3 aromatic carbocycles. The van der Waals surface area contributed by atoms with Crippen molar-refractivity contribution < 1.29 is 23.8 Å². The van der Waals surface area contributed by atoms with Crippen molar-refractivity contribution in [3.05, 3.63) is 88.8 Å². The quantitative estimate of drug-likeness (QED) is 0.323. The van der Waals surface area contributed by atoms with E-state index in [1.54, 1.807) is 55.7 Å². The summed E-state index contributed by atoms with van der Waals surface area (Å²) in [7, 11) is 3.04. The Morgan fingerprint density at radius 3 is 2.39 bits per heavy atom. The highest BCUT2D eigenvalue weighted by Crippen LogP contribution is 2.32. The number of hydrogen-bond acceptors (Lipinski definition) is 7. The van der Waals surface area contributed by atoms with Gasteiger partial charge in [0.15, 0.2) is 16.7 Å². The molecule has 0 aromatic heterocycles. The normalized spacial score (nSPS) is 15.4. The minimum Gasteiger partial charge on any atom is -0.497 e. The SMILES string of the molecule is COc1ccc(C(=O)Oc2ccc(/C=C3/SC(=Nc4ccccc4)NC3=O)cc2OC)cc1. The lowest BCUT2D eigenvalue weighted by Crippen LogP contribution is -2.19. The minimum atomic E-state index is -0.519. The number of carbonyl (C=O) groups is 2. The van der Waals surface area contributed by atoms with Crippen molar-refractivity contribution >= 4 is 40.6 Å². The third kappa shape index (κ3) is 5.42. The number of amides is 1. The first-order chi connectivity index (χ1) is 16.1. The van der Waals surface area contributed by atoms with E-state index >= 15 is 0 Å². The van der Waals surface area contributed by atoms with Gasteiger partial charge in [0.05, 0.1) is 30.4 Å². The summed E-state index contributed by atoms with van der Waals surface area (Å²) in [5, 5.41) is 3.27. The summed E-state index contributed by atoms with van der Waals surface area (Å²) in [4.78, 5) is 29.8. The van der Waals surface area contributed by atoms with Gasteiger partial charge in [0.1, 0.15) is 5.75 Å². The minimum absolute atomic E-state index is 0.233. The van der Waals surface area contributed by atoms with Gasteiger partial charge < -0.3 is 19.5 Å². The summed E-state index contributed by atoms with van der Waals surface area (Å²) < 4.78 is 16.0. The number of nitrogens with zero attached hydrogens (tertiary/aromatic N) is 1. The van der Waals surface area contributed by atoms with Gasteiger partial charge in [-0.2, -0.15) is 0 Å². The zero-order valence-electron chi connectivity index (χ0n) is 17.9. The van der Waals surface area contributed by atoms with Crippen LogP contribution >= 0.6 is 11.8 Å². The van der Waals surface area contributed by atoms with Crippen LogP contribution in [0.15, 0.2) is 82.7 Å². The highest BCUT2D eigenvalue weighted by atomic mass is 32.2. The maximum absolute atomic E-state index is 12.5. The number of hydrogen-bond donors (Lipinski definition) is 1. The highest BCUT2D eigenvalue weighted by Gasteiger charge is 2.24. The first-order valence-corrected chi connectivity index (χ1v) is 10.8. The number of esters is 1. The van der Waals surface area contributed by atoms with Crippen LogP contribution in [0.3, 0.4) is 0 Å². The maximum Gasteiger partial charge on any atom is 0.343 e. The van der Waals surface area contributed by atoms with Crippen LogP contribution in [0.5, 0.6) is 17.2 Å². The molecule has 33 heavy (non-hydrogen) atoms. The second-order valence-corrected chi connectivity index (χ2v) is 7.88. The van der Waals surface area contributed by atoms with Gasteiger partial charge in [-0.25, -0.2) is 9.79 Å². The van der Waals surface area contributed by atoms with Crippen LogP contribution < -0.4 is 19.5 Å². The Labute approximate surface area is 195 Å². The van der Waals surface area contributed by atoms with E-state index in [1.807, 2.05) is 30.3 Å². The Morgan fingerprint density at radius 1 is 0.939 bits per heavy atom. The number of ether oxygens (including phenoxy) is 3. The van der Waals surface area contributed by atoms with Crippen LogP contribution in [-0.2, 0) is 4.79 Å². The van der Waals surface area contributed by atoms with Crippen LogP contribution in [0, 0.1) is 0 Å². The average molecular weight is 461 g/mol. The van der Waals surface area contributed by atoms with E-state index in [0.717, 1.165) is 11.3 Å². The number of carbonyl (C=O) groups excluding carboxylic acids is 2. The molecule has 1 aliphatic heterocycles. The van der Waals surface area contributed by atoms with Crippen LogP contribution in [0.25, 0.3) is 6.08 Å². The molecule has 0 saturated carbocycles. The van der Waals surface area contributed by atoms with Gasteiger partial charge in [-0.3, -0.25) is 4.79 Å². The molecule has 8 heteroatoms. The molecule has 7 nitrogen and oxygen atoms in total. The van der Waals surface area contributed by atoms with Crippen molar-refractivity contribution in [2.45, 2.75) is 0 Å². The van der Waals surface area contributed by atoms with Crippen molar-refractivity contribution in [2.75, 3.05) is 14.2 Å². The Hall–Kier alpha value is -4.04. The van der Waals surface area contributed by atoms with Crippen molar-refractivity contribution in [2.24, 2.45) is 4.99 Å². The Morgan fingerprint density at radius 2 is 1.70 bits per heavy atom. The van der Waals surface area contributed by atoms with Gasteiger partial charge in [0.2, 0.25) is 0 Å². The third-order valence-electron chi connectivity index (χ3n) is 4.65. The Bertz CT molecular complexity index is 1240. The summed E-state index contributed by atoms with van der Waals surface area (Å²) in [6, 6.07) is 21.1. The molecule has 0 radical (unpaired) electrons. The molecule has 1 aliphatic rings. The molecule has 0 unspecified atom stereocenters. The van der Waals surface area contributed by atoms with E-state index in [9.17, 15) is 9.59 Å². The fourth-order valence-electron chi connectivity index (χ4n) is 3.00. The van der Waals surface area contributed by atoms with Crippen LogP contribution in [0.4, 0.5) is 5.69 Å². The van der Waals surface area contributed by atoms with Gasteiger partial charge in [0.25, 0.3) is 5.91 Å². The summed E-state index contributed by atoms with van der Waals surface area (Å²) in [5.74, 6) is 0.536. The molecule has 3 aromatic rings. The fraction of sp³-hybridized carbons (Fsp3) is 0.0800. The largest absolute Gasteiger partial charge is 0.497 e. The van der Waals surface area contributed by atoms with Gasteiger partial charge in [-0.1, -0.05) is 24.3 Å². The molecule has 0 bridgehead atoms. The molecule has 4 rings (SSSR count). The van der Waals surface area contributed by atoms with Crippen molar-refractivity contribution in [3.63, 3.8) is 0 Å². The lowest BCUT2D eigenvalue weighted by molar-refractivity contribution is -0.115. The summed E-state index contributed by atoms with van der Waals surface area (Å²) in [6.45, 7) is 0. The van der Waals surface area contributed by atoms with E-state index in [4.69, 9.17) is 14.2 Å². The Balaban J connectivity index is 1.50. The summed E-state index contributed by atoms with van der Waals surface area (Å²) >= 11 is 1.25. The molecule has 1 heterocycles. The molecule has 166 valence electrons. The molecule has 1 saturated heterocycles. The average Bonchev–Trinajstić information content (AvgIpc) is 3.18. The van der Waals surface area contributed by atoms with Gasteiger partial charge in [0, 0.05) is 0 Å². The fourth-order valence-corrected chi connectivity index (χ4v) is 3.84. The number of para-hydroxylation sites is 1. The standard InChI is InChI=1S/C25H20N2O5S/c1-30-19-11-9-17(10-12-19)24(29)32-20-13-8-16(14-21(20)31-2)15-22-23(28)27-25(33-22)26-18-6-4-3-5-7-18/h3-15H,1-2H3,(H,26,27,28)/b22-15+. The van der Waals surface area contributed by atoms with Crippen LogP contribution in [0.2, 0.25) is 0 Å². The predicted octanol–water partition coefficient (Wildman–Crippen LogP) is 4.81. The van der Waals surface area contributed by atoms with Crippen molar-refractivity contribution in [3.8, 4) is 17.2 Å². The second kappa shape index (κ2) is 10.1. The predicted molar refractivity (Wildman–Crippen MR) is 128 cm³/mol. The first-order valence-electron chi connectivity index (χ1n) is 9.94. The topological polar surface area (TPSA) is 86.2 Å². The maximum atomic E-state index is 12.5. The lowest BCUT2D eigenvalue weighted by Gasteiger charge is -2.10. The van der Waals surface area contributed by atoms with E-state index in [-0.39, 0.29) is 11.7 Å². The van der Waals surface area contributed by atoms with Gasteiger partial charge in [-0.15, -0.1) is 0 Å². The first kappa shape index (κ1) is 22.2. The molecule has 0 atom stereocenters. The molecule has 0 aliphatic carbocycles. The summed E-state index contributed by atoms with van der Waals surface area (Å²) in [5.41, 5.74) is 1.86. The van der Waals surface area contributed by atoms with Gasteiger partial charge in [-0.05, 0) is 71.9 Å². The number of thioether (sulfide) groups is 1. The molecule has 0 spiro atoms. The molecule has 1 fully saturated rings. The Kier molecular flexibility index (Phi) is 6.75. The summed E-state index contributed by atoms with van der Waals surface area (Å²) in [6.07, 6.45) is 1.73. The zero-order valence-corrected chi connectivity index (χ0v) is 18.7. The molecular weight excluding hydrogens is 440 g/mol. The number of rotatable bonds is 6. The molecule has 1 amide bonds. The van der Waals surface area contributed by atoms with Crippen molar-refractivity contribution in [1.82, 2.24) is 5.32 Å². The molecular formula is C25H20N2O5S. The highest BCUT2D eigenvalue weighted by molar-refractivity contribution is 8.18. The molecule has 1 N–H and O–H groups in total. The smallest absolute Gasteiger partial charge is 0.343 e. The lowest BCUT2D eigenvalue weighted by atomic mass is 10.1. The van der Waals surface area contributed by atoms with Gasteiger partial charge >= 0.3 is 5.97 Å².